The summed E-state index contributed by atoms with van der Waals surface area (Å²) in [6.45, 7) is 0. The van der Waals surface area contributed by atoms with Gasteiger partial charge in [0.05, 0.1) is 28.8 Å². The van der Waals surface area contributed by atoms with Crippen LogP contribution in [0.25, 0.3) is 0 Å². The summed E-state index contributed by atoms with van der Waals surface area (Å²) >= 11 is 3.32. The molecular weight excluding hydrogens is 260 g/mol. The van der Waals surface area contributed by atoms with Gasteiger partial charge in [-0.25, -0.2) is 0 Å². The van der Waals surface area contributed by atoms with E-state index in [1.807, 2.05) is 7.05 Å². The first-order valence-electron chi connectivity index (χ1n) is 4.22. The molecule has 5 nitrogen and oxygen atoms in total. The fourth-order valence-electron chi connectivity index (χ4n) is 1.12. The fourth-order valence-corrected chi connectivity index (χ4v) is 1.54. The van der Waals surface area contributed by atoms with Crippen molar-refractivity contribution in [2.75, 3.05) is 5.73 Å². The van der Waals surface area contributed by atoms with Gasteiger partial charge in [-0.05, 0) is 15.9 Å². The Kier molecular flexibility index (Phi) is 2.59. The summed E-state index contributed by atoms with van der Waals surface area (Å²) in [5, 5.41) is 3.99. The number of hydrogen-bond acceptors (Lipinski definition) is 4. The van der Waals surface area contributed by atoms with Crippen LogP contribution < -0.4 is 10.5 Å². The number of nitrogens with zero attached hydrogens (tertiary/aromatic N) is 3. The highest BCUT2D eigenvalue weighted by atomic mass is 79.9. The zero-order valence-electron chi connectivity index (χ0n) is 8.01. The summed E-state index contributed by atoms with van der Waals surface area (Å²) in [6.07, 6.45) is 6.54. The molecule has 0 aliphatic carbocycles. The van der Waals surface area contributed by atoms with E-state index in [1.54, 1.807) is 23.3 Å². The summed E-state index contributed by atoms with van der Waals surface area (Å²) < 4.78 is 7.93. The Balaban J connectivity index is 2.31. The molecule has 6 heteroatoms. The summed E-state index contributed by atoms with van der Waals surface area (Å²) in [6, 6.07) is 0. The second-order valence-electron chi connectivity index (χ2n) is 2.99. The predicted octanol–water partition coefficient (Wildman–Crippen LogP) is 1.95. The van der Waals surface area contributed by atoms with Crippen LogP contribution in [-0.4, -0.2) is 14.8 Å². The smallest absolute Gasteiger partial charge is 0.167 e. The number of halogens is 1. The first-order chi connectivity index (χ1) is 7.16. The molecule has 0 aliphatic rings. The van der Waals surface area contributed by atoms with Gasteiger partial charge >= 0.3 is 0 Å². The van der Waals surface area contributed by atoms with E-state index in [4.69, 9.17) is 10.5 Å². The van der Waals surface area contributed by atoms with Crippen LogP contribution >= 0.6 is 15.9 Å². The maximum absolute atomic E-state index is 5.73. The minimum absolute atomic E-state index is 0.480. The number of aryl methyl sites for hydroxylation is 1. The number of ether oxygens (including phenoxy) is 1. The molecule has 0 saturated heterocycles. The van der Waals surface area contributed by atoms with E-state index < -0.39 is 0 Å². The van der Waals surface area contributed by atoms with Crippen molar-refractivity contribution in [2.45, 2.75) is 0 Å². The maximum Gasteiger partial charge on any atom is 0.167 e. The quantitative estimate of drug-likeness (QED) is 0.904. The number of pyridine rings is 1. The lowest BCUT2D eigenvalue weighted by Crippen LogP contribution is -1.93. The van der Waals surface area contributed by atoms with Crippen molar-refractivity contribution in [1.82, 2.24) is 14.8 Å². The molecule has 0 spiro atoms. The van der Waals surface area contributed by atoms with Gasteiger partial charge in [-0.3, -0.25) is 9.67 Å². The second-order valence-corrected chi connectivity index (χ2v) is 3.85. The van der Waals surface area contributed by atoms with Gasteiger partial charge in [0.2, 0.25) is 0 Å². The third-order valence-electron chi connectivity index (χ3n) is 1.78. The number of anilines is 1. The molecule has 15 heavy (non-hydrogen) atoms. The molecular formula is C9H9BrN4O. The second kappa shape index (κ2) is 3.90. The number of hydrogen-bond donors (Lipinski definition) is 1. The van der Waals surface area contributed by atoms with Gasteiger partial charge < -0.3 is 10.5 Å². The van der Waals surface area contributed by atoms with E-state index in [0.717, 1.165) is 0 Å². The zero-order chi connectivity index (χ0) is 10.8. The molecule has 0 radical (unpaired) electrons. The third kappa shape index (κ3) is 2.10. The number of aromatic nitrogens is 3. The largest absolute Gasteiger partial charge is 0.451 e. The summed E-state index contributed by atoms with van der Waals surface area (Å²) in [4.78, 5) is 3.92. The molecule has 2 aromatic rings. The molecule has 0 aliphatic heterocycles. The van der Waals surface area contributed by atoms with Crippen LogP contribution in [-0.2, 0) is 7.05 Å². The highest BCUT2D eigenvalue weighted by Gasteiger charge is 2.08. The molecule has 2 N–H and O–H groups in total. The van der Waals surface area contributed by atoms with E-state index >= 15 is 0 Å². The monoisotopic (exact) mass is 268 g/mol. The molecule has 0 saturated carbocycles. The molecule has 0 aromatic carbocycles. The van der Waals surface area contributed by atoms with Gasteiger partial charge in [-0.1, -0.05) is 0 Å². The lowest BCUT2D eigenvalue weighted by atomic mass is 10.4. The Labute approximate surface area is 95.0 Å². The normalized spacial score (nSPS) is 10.3. The van der Waals surface area contributed by atoms with Crippen LogP contribution in [0.15, 0.2) is 29.3 Å². The molecule has 78 valence electrons. The highest BCUT2D eigenvalue weighted by molar-refractivity contribution is 9.10. The van der Waals surface area contributed by atoms with E-state index in [-0.39, 0.29) is 0 Å². The molecule has 0 unspecified atom stereocenters. The number of nitrogens with two attached hydrogens (primary N) is 1. The average molecular weight is 269 g/mol. The van der Waals surface area contributed by atoms with Gasteiger partial charge in [0.1, 0.15) is 0 Å². The minimum atomic E-state index is 0.480. The van der Waals surface area contributed by atoms with Crippen LogP contribution in [0.4, 0.5) is 5.69 Å². The van der Waals surface area contributed by atoms with Crippen LogP contribution in [0.1, 0.15) is 0 Å². The SMILES string of the molecule is Cn1cc(Oc2c(N)cncc2Br)cn1. The first-order valence-corrected chi connectivity index (χ1v) is 5.01. The van der Waals surface area contributed by atoms with Crippen LogP contribution in [0.2, 0.25) is 0 Å². The van der Waals surface area contributed by atoms with Gasteiger partial charge in [0.15, 0.2) is 11.5 Å². The van der Waals surface area contributed by atoms with Crippen molar-refractivity contribution >= 4 is 21.6 Å². The van der Waals surface area contributed by atoms with Crippen molar-refractivity contribution in [1.29, 1.82) is 0 Å². The van der Waals surface area contributed by atoms with Gasteiger partial charge in [-0.2, -0.15) is 5.10 Å². The Morgan fingerprint density at radius 3 is 2.80 bits per heavy atom. The Bertz CT molecular complexity index is 462. The zero-order valence-corrected chi connectivity index (χ0v) is 9.60. The lowest BCUT2D eigenvalue weighted by Gasteiger charge is -2.07. The number of nitrogen functional groups attached to an aromatic ring is 1. The standard InChI is InChI=1S/C9H9BrN4O/c1-14-5-6(2-13-14)15-9-7(10)3-12-4-8(9)11/h2-5H,11H2,1H3. The average Bonchev–Trinajstić information content (AvgIpc) is 2.58. The van der Waals surface area contributed by atoms with E-state index in [2.05, 4.69) is 26.0 Å². The predicted molar refractivity (Wildman–Crippen MR) is 59.6 cm³/mol. The van der Waals surface area contributed by atoms with Crippen LogP contribution in [0.5, 0.6) is 11.5 Å². The topological polar surface area (TPSA) is 66.0 Å². The minimum Gasteiger partial charge on any atom is -0.451 e. The molecule has 2 aromatic heterocycles. The van der Waals surface area contributed by atoms with Crippen molar-refractivity contribution in [3.05, 3.63) is 29.3 Å². The first kappa shape index (κ1) is 9.97. The van der Waals surface area contributed by atoms with E-state index in [9.17, 15) is 0 Å². The van der Waals surface area contributed by atoms with Crippen LogP contribution in [0.3, 0.4) is 0 Å². The van der Waals surface area contributed by atoms with Gasteiger partial charge in [0.25, 0.3) is 0 Å². The molecule has 0 amide bonds. The highest BCUT2D eigenvalue weighted by Crippen LogP contribution is 2.33. The van der Waals surface area contributed by atoms with E-state index in [1.165, 1.54) is 6.20 Å². The van der Waals surface area contributed by atoms with Gasteiger partial charge in [0, 0.05) is 13.2 Å². The number of rotatable bonds is 2. The van der Waals surface area contributed by atoms with Crippen molar-refractivity contribution in [3.8, 4) is 11.5 Å². The van der Waals surface area contributed by atoms with Crippen molar-refractivity contribution in [3.63, 3.8) is 0 Å². The molecule has 2 rings (SSSR count). The van der Waals surface area contributed by atoms with Crippen LogP contribution in [0, 0.1) is 0 Å². The summed E-state index contributed by atoms with van der Waals surface area (Å²) in [7, 11) is 1.82. The Morgan fingerprint density at radius 1 is 1.40 bits per heavy atom. The Morgan fingerprint density at radius 2 is 2.20 bits per heavy atom. The Hall–Kier alpha value is -1.56. The molecule has 0 atom stereocenters. The van der Waals surface area contributed by atoms with Crippen molar-refractivity contribution in [2.24, 2.45) is 7.05 Å². The third-order valence-corrected chi connectivity index (χ3v) is 2.35. The van der Waals surface area contributed by atoms with E-state index in [0.29, 0.717) is 21.7 Å². The summed E-state index contributed by atoms with van der Waals surface area (Å²) in [5.41, 5.74) is 6.21. The molecule has 2 heterocycles. The maximum atomic E-state index is 5.73. The molecule has 0 fully saturated rings. The fraction of sp³-hybridized carbons (Fsp3) is 0.111. The van der Waals surface area contributed by atoms with Gasteiger partial charge in [-0.15, -0.1) is 0 Å². The van der Waals surface area contributed by atoms with Crippen molar-refractivity contribution < 1.29 is 4.74 Å². The summed E-state index contributed by atoms with van der Waals surface area (Å²) in [5.74, 6) is 1.19. The lowest BCUT2D eigenvalue weighted by molar-refractivity contribution is 0.480. The molecule has 0 bridgehead atoms.